The van der Waals surface area contributed by atoms with E-state index in [-0.39, 0.29) is 5.91 Å². The first-order valence-corrected chi connectivity index (χ1v) is 9.07. The van der Waals surface area contributed by atoms with Crippen LogP contribution in [0.4, 0.5) is 0 Å². The molecular weight excluding hydrogens is 316 g/mol. The molecule has 124 valence electrons. The minimum atomic E-state index is -0.180. The lowest BCUT2D eigenvalue weighted by Gasteiger charge is -2.04. The molecule has 0 atom stereocenters. The molecule has 2 aromatic carbocycles. The van der Waals surface area contributed by atoms with E-state index in [1.807, 2.05) is 31.2 Å². The molecule has 0 unspecified atom stereocenters. The molecule has 0 saturated heterocycles. The molecule has 1 amide bonds. The van der Waals surface area contributed by atoms with E-state index in [1.54, 1.807) is 11.3 Å². The third-order valence-electron chi connectivity index (χ3n) is 4.06. The fourth-order valence-corrected chi connectivity index (χ4v) is 3.99. The minimum absolute atomic E-state index is 0.180. The molecule has 24 heavy (non-hydrogen) atoms. The number of thiazole rings is 1. The molecule has 0 saturated carbocycles. The molecule has 0 aliphatic rings. The SMILES string of the molecule is CCCn1c(=NC(=O)c2ccc(C)cc2)sc2c(C)cc(C)cc21. The standard InChI is InChI=1S/C20H22N2OS/c1-5-10-22-17-12-14(3)11-15(4)18(17)24-20(22)21-19(23)16-8-6-13(2)7-9-16/h6-9,11-12H,5,10H2,1-4H3. The smallest absolute Gasteiger partial charge is 0.279 e. The van der Waals surface area contributed by atoms with Gasteiger partial charge in [-0.15, -0.1) is 0 Å². The zero-order chi connectivity index (χ0) is 17.3. The van der Waals surface area contributed by atoms with Crippen LogP contribution in [0.1, 0.15) is 40.4 Å². The molecule has 0 fully saturated rings. The molecule has 0 radical (unpaired) electrons. The van der Waals surface area contributed by atoms with Crippen LogP contribution in [0.2, 0.25) is 0 Å². The Bertz CT molecular complexity index is 962. The second kappa shape index (κ2) is 6.73. The highest BCUT2D eigenvalue weighted by Crippen LogP contribution is 2.23. The Labute approximate surface area is 146 Å². The second-order valence-corrected chi connectivity index (χ2v) is 7.23. The number of aromatic nitrogens is 1. The Morgan fingerprint density at radius 3 is 2.46 bits per heavy atom. The van der Waals surface area contributed by atoms with Crippen LogP contribution in [0.5, 0.6) is 0 Å². The summed E-state index contributed by atoms with van der Waals surface area (Å²) in [7, 11) is 0. The zero-order valence-corrected chi connectivity index (χ0v) is 15.4. The first-order chi connectivity index (χ1) is 11.5. The summed E-state index contributed by atoms with van der Waals surface area (Å²) >= 11 is 1.60. The molecule has 3 nitrogen and oxygen atoms in total. The maximum atomic E-state index is 12.5. The van der Waals surface area contributed by atoms with Crippen LogP contribution in [0.15, 0.2) is 41.4 Å². The van der Waals surface area contributed by atoms with Crippen LogP contribution in [0.25, 0.3) is 10.2 Å². The summed E-state index contributed by atoms with van der Waals surface area (Å²) in [6, 6.07) is 11.9. The van der Waals surface area contributed by atoms with Gasteiger partial charge in [0.25, 0.3) is 5.91 Å². The van der Waals surface area contributed by atoms with Crippen molar-refractivity contribution >= 4 is 27.5 Å². The highest BCUT2D eigenvalue weighted by Gasteiger charge is 2.11. The van der Waals surface area contributed by atoms with Gasteiger partial charge in [-0.05, 0) is 56.5 Å². The molecule has 0 spiro atoms. The number of nitrogens with zero attached hydrogens (tertiary/aromatic N) is 2. The Kier molecular flexibility index (Phi) is 4.67. The molecule has 1 heterocycles. The highest BCUT2D eigenvalue weighted by atomic mass is 32.1. The average Bonchev–Trinajstić information content (AvgIpc) is 2.87. The van der Waals surface area contributed by atoms with E-state index in [9.17, 15) is 4.79 Å². The number of hydrogen-bond acceptors (Lipinski definition) is 2. The lowest BCUT2D eigenvalue weighted by molar-refractivity contribution is 0.0998. The van der Waals surface area contributed by atoms with Gasteiger partial charge in [0, 0.05) is 12.1 Å². The Balaban J connectivity index is 2.17. The Morgan fingerprint density at radius 2 is 1.79 bits per heavy atom. The topological polar surface area (TPSA) is 34.4 Å². The van der Waals surface area contributed by atoms with Crippen LogP contribution in [0, 0.1) is 20.8 Å². The summed E-state index contributed by atoms with van der Waals surface area (Å²) in [5.74, 6) is -0.180. The fraction of sp³-hybridized carbons (Fsp3) is 0.300. The van der Waals surface area contributed by atoms with Gasteiger partial charge in [-0.25, -0.2) is 0 Å². The van der Waals surface area contributed by atoms with Crippen molar-refractivity contribution < 1.29 is 4.79 Å². The first kappa shape index (κ1) is 16.7. The van der Waals surface area contributed by atoms with Gasteiger partial charge in [-0.2, -0.15) is 4.99 Å². The van der Waals surface area contributed by atoms with Gasteiger partial charge in [0.05, 0.1) is 10.2 Å². The van der Waals surface area contributed by atoms with Gasteiger partial charge < -0.3 is 4.57 Å². The van der Waals surface area contributed by atoms with Crippen molar-refractivity contribution in [2.24, 2.45) is 4.99 Å². The Hall–Kier alpha value is -2.20. The summed E-state index contributed by atoms with van der Waals surface area (Å²) in [4.78, 5) is 17.7. The Morgan fingerprint density at radius 1 is 1.08 bits per heavy atom. The van der Waals surface area contributed by atoms with E-state index in [0.29, 0.717) is 5.56 Å². The number of carbonyl (C=O) groups excluding carboxylic acids is 1. The number of aryl methyl sites for hydroxylation is 4. The maximum Gasteiger partial charge on any atom is 0.279 e. The lowest BCUT2D eigenvalue weighted by Crippen LogP contribution is -2.16. The van der Waals surface area contributed by atoms with Crippen molar-refractivity contribution in [3.63, 3.8) is 0 Å². The van der Waals surface area contributed by atoms with E-state index in [1.165, 1.54) is 21.3 Å². The number of carbonyl (C=O) groups is 1. The summed E-state index contributed by atoms with van der Waals surface area (Å²) in [5.41, 5.74) is 5.42. The van der Waals surface area contributed by atoms with Crippen LogP contribution >= 0.6 is 11.3 Å². The average molecular weight is 338 g/mol. The van der Waals surface area contributed by atoms with Crippen molar-refractivity contribution in [2.45, 2.75) is 40.7 Å². The zero-order valence-electron chi connectivity index (χ0n) is 14.6. The fourth-order valence-electron chi connectivity index (χ4n) is 2.89. The van der Waals surface area contributed by atoms with Gasteiger partial charge in [-0.1, -0.05) is 42.0 Å². The van der Waals surface area contributed by atoms with Crippen molar-refractivity contribution in [2.75, 3.05) is 0 Å². The molecule has 0 aliphatic heterocycles. The largest absolute Gasteiger partial charge is 0.316 e. The van der Waals surface area contributed by atoms with Crippen molar-refractivity contribution in [1.82, 2.24) is 4.57 Å². The van der Waals surface area contributed by atoms with E-state index < -0.39 is 0 Å². The molecular formula is C20H22N2OS. The van der Waals surface area contributed by atoms with E-state index >= 15 is 0 Å². The van der Waals surface area contributed by atoms with E-state index in [0.717, 1.165) is 23.3 Å². The third kappa shape index (κ3) is 3.20. The second-order valence-electron chi connectivity index (χ2n) is 6.25. The molecule has 3 aromatic rings. The molecule has 0 N–H and O–H groups in total. The van der Waals surface area contributed by atoms with Crippen molar-refractivity contribution in [3.05, 3.63) is 63.5 Å². The number of fused-ring (bicyclic) bond motifs is 1. The number of amides is 1. The highest BCUT2D eigenvalue weighted by molar-refractivity contribution is 7.16. The molecule has 0 bridgehead atoms. The van der Waals surface area contributed by atoms with Gasteiger partial charge in [0.2, 0.25) is 0 Å². The number of hydrogen-bond donors (Lipinski definition) is 0. The quantitative estimate of drug-likeness (QED) is 0.677. The normalized spacial score (nSPS) is 12.1. The summed E-state index contributed by atoms with van der Waals surface area (Å²) in [6.45, 7) is 9.24. The van der Waals surface area contributed by atoms with Crippen LogP contribution in [-0.2, 0) is 6.54 Å². The predicted octanol–water partition coefficient (Wildman–Crippen LogP) is 4.78. The van der Waals surface area contributed by atoms with Crippen molar-refractivity contribution in [1.29, 1.82) is 0 Å². The third-order valence-corrected chi connectivity index (χ3v) is 5.29. The van der Waals surface area contributed by atoms with Gasteiger partial charge in [0.15, 0.2) is 4.80 Å². The van der Waals surface area contributed by atoms with E-state index in [4.69, 9.17) is 0 Å². The molecule has 4 heteroatoms. The molecule has 0 aliphatic carbocycles. The molecule has 3 rings (SSSR count). The van der Waals surface area contributed by atoms with E-state index in [2.05, 4.69) is 42.5 Å². The first-order valence-electron chi connectivity index (χ1n) is 8.26. The van der Waals surface area contributed by atoms with Crippen LogP contribution in [0.3, 0.4) is 0 Å². The van der Waals surface area contributed by atoms with Gasteiger partial charge >= 0.3 is 0 Å². The van der Waals surface area contributed by atoms with Crippen molar-refractivity contribution in [3.8, 4) is 0 Å². The molecule has 1 aromatic heterocycles. The van der Waals surface area contributed by atoms with Crippen LogP contribution in [-0.4, -0.2) is 10.5 Å². The summed E-state index contributed by atoms with van der Waals surface area (Å²) < 4.78 is 3.39. The lowest BCUT2D eigenvalue weighted by atomic mass is 10.1. The van der Waals surface area contributed by atoms with Gasteiger partial charge in [-0.3, -0.25) is 4.79 Å². The van der Waals surface area contributed by atoms with Crippen LogP contribution < -0.4 is 4.80 Å². The monoisotopic (exact) mass is 338 g/mol. The predicted molar refractivity (Wildman–Crippen MR) is 101 cm³/mol. The van der Waals surface area contributed by atoms with Gasteiger partial charge in [0.1, 0.15) is 0 Å². The minimum Gasteiger partial charge on any atom is -0.316 e. The summed E-state index contributed by atoms with van der Waals surface area (Å²) in [5, 5.41) is 0. The summed E-state index contributed by atoms with van der Waals surface area (Å²) in [6.07, 6.45) is 1.00. The maximum absolute atomic E-state index is 12.5. The number of benzene rings is 2. The number of rotatable bonds is 3.